The Bertz CT molecular complexity index is 536. The summed E-state index contributed by atoms with van der Waals surface area (Å²) in [5, 5.41) is 3.62. The van der Waals surface area contributed by atoms with E-state index in [1.165, 1.54) is 18.4 Å². The molecule has 20 heavy (non-hydrogen) atoms. The molecule has 1 fully saturated rings. The Hall–Kier alpha value is -1.61. The molecule has 0 amide bonds. The van der Waals surface area contributed by atoms with E-state index in [2.05, 4.69) is 48.4 Å². The second kappa shape index (κ2) is 5.41. The topological polar surface area (TPSA) is 29.9 Å². The zero-order valence-corrected chi connectivity index (χ0v) is 12.3. The van der Waals surface area contributed by atoms with Crippen LogP contribution in [0.1, 0.15) is 32.3 Å². The maximum Gasteiger partial charge on any atom is 0.0991 e. The van der Waals surface area contributed by atoms with E-state index in [0.29, 0.717) is 5.41 Å². The number of benzene rings is 1. The van der Waals surface area contributed by atoms with Gasteiger partial charge in [0.25, 0.3) is 0 Å². The molecule has 0 unspecified atom stereocenters. The fraction of sp³-hybridized carbons (Fsp3) is 0.471. The smallest absolute Gasteiger partial charge is 0.0991 e. The summed E-state index contributed by atoms with van der Waals surface area (Å²) in [5.74, 6) is 0.790. The van der Waals surface area contributed by atoms with Crippen LogP contribution >= 0.6 is 0 Å². The van der Waals surface area contributed by atoms with Crippen molar-refractivity contribution < 1.29 is 0 Å². The lowest BCUT2D eigenvalue weighted by Gasteiger charge is -2.20. The van der Waals surface area contributed by atoms with Crippen LogP contribution in [0.5, 0.6) is 0 Å². The van der Waals surface area contributed by atoms with Crippen LogP contribution in [0.15, 0.2) is 43.0 Å². The quantitative estimate of drug-likeness (QED) is 0.871. The molecule has 0 radical (unpaired) electrons. The molecule has 1 heterocycles. The van der Waals surface area contributed by atoms with Gasteiger partial charge in [-0.25, -0.2) is 4.98 Å². The summed E-state index contributed by atoms with van der Waals surface area (Å²) in [6.07, 6.45) is 8.37. The number of imidazole rings is 1. The molecule has 3 rings (SSSR count). The Morgan fingerprint density at radius 2 is 2.00 bits per heavy atom. The minimum atomic E-state index is 0.580. The standard InChI is InChI=1S/C17H23N3/c1-14(2)17(7-8-17)12-19-11-15-3-5-16(6-4-15)20-10-9-18-13-20/h3-6,9-10,13-14,19H,7-8,11-12H2,1-2H3. The Morgan fingerprint density at radius 1 is 1.25 bits per heavy atom. The average Bonchev–Trinajstić information content (AvgIpc) is 3.05. The first kappa shape index (κ1) is 13.4. The summed E-state index contributed by atoms with van der Waals surface area (Å²) in [4.78, 5) is 4.07. The summed E-state index contributed by atoms with van der Waals surface area (Å²) in [6.45, 7) is 6.79. The van der Waals surface area contributed by atoms with Gasteiger partial charge in [0.2, 0.25) is 0 Å². The zero-order chi connectivity index (χ0) is 14.0. The van der Waals surface area contributed by atoms with Gasteiger partial charge in [-0.15, -0.1) is 0 Å². The highest BCUT2D eigenvalue weighted by Crippen LogP contribution is 2.51. The van der Waals surface area contributed by atoms with Crippen LogP contribution in [0.2, 0.25) is 0 Å². The normalized spacial score (nSPS) is 16.6. The van der Waals surface area contributed by atoms with Gasteiger partial charge in [-0.05, 0) is 41.9 Å². The lowest BCUT2D eigenvalue weighted by molar-refractivity contribution is 0.338. The molecular weight excluding hydrogens is 246 g/mol. The SMILES string of the molecule is CC(C)C1(CNCc2ccc(-n3ccnc3)cc2)CC1. The van der Waals surface area contributed by atoms with Crippen molar-refractivity contribution >= 4 is 0 Å². The molecule has 0 saturated heterocycles. The van der Waals surface area contributed by atoms with Crippen molar-refractivity contribution in [3.63, 3.8) is 0 Å². The molecule has 1 saturated carbocycles. The van der Waals surface area contributed by atoms with Crippen LogP contribution in [0.3, 0.4) is 0 Å². The van der Waals surface area contributed by atoms with Crippen LogP contribution in [-0.4, -0.2) is 16.1 Å². The number of hydrogen-bond donors (Lipinski definition) is 1. The third kappa shape index (κ3) is 2.78. The van der Waals surface area contributed by atoms with Crippen molar-refractivity contribution in [2.24, 2.45) is 11.3 Å². The van der Waals surface area contributed by atoms with Gasteiger partial charge in [0.05, 0.1) is 6.33 Å². The highest BCUT2D eigenvalue weighted by molar-refractivity contribution is 5.34. The van der Waals surface area contributed by atoms with Crippen LogP contribution in [-0.2, 0) is 6.54 Å². The summed E-state index contributed by atoms with van der Waals surface area (Å²) in [6, 6.07) is 8.68. The predicted octanol–water partition coefficient (Wildman–Crippen LogP) is 3.40. The Kier molecular flexibility index (Phi) is 3.62. The lowest BCUT2D eigenvalue weighted by Crippen LogP contribution is -2.27. The molecule has 0 aliphatic heterocycles. The maximum absolute atomic E-state index is 4.07. The molecule has 0 spiro atoms. The largest absolute Gasteiger partial charge is 0.312 e. The monoisotopic (exact) mass is 269 g/mol. The molecule has 3 heteroatoms. The summed E-state index contributed by atoms with van der Waals surface area (Å²) in [5.41, 5.74) is 3.08. The van der Waals surface area contributed by atoms with Crippen LogP contribution < -0.4 is 5.32 Å². The highest BCUT2D eigenvalue weighted by atomic mass is 15.0. The molecule has 1 aliphatic rings. The van der Waals surface area contributed by atoms with Crippen molar-refractivity contribution in [3.05, 3.63) is 48.5 Å². The van der Waals surface area contributed by atoms with E-state index in [4.69, 9.17) is 0 Å². The van der Waals surface area contributed by atoms with E-state index in [9.17, 15) is 0 Å². The number of nitrogens with zero attached hydrogens (tertiary/aromatic N) is 2. The lowest BCUT2D eigenvalue weighted by atomic mass is 9.92. The first-order valence-electron chi connectivity index (χ1n) is 7.48. The van der Waals surface area contributed by atoms with E-state index in [1.807, 2.05) is 17.1 Å². The van der Waals surface area contributed by atoms with Crippen LogP contribution in [0.4, 0.5) is 0 Å². The minimum Gasteiger partial charge on any atom is -0.312 e. The Balaban J connectivity index is 1.54. The second-order valence-corrected chi connectivity index (χ2v) is 6.26. The van der Waals surface area contributed by atoms with Gasteiger partial charge in [-0.3, -0.25) is 0 Å². The average molecular weight is 269 g/mol. The fourth-order valence-electron chi connectivity index (χ4n) is 2.77. The molecular formula is C17H23N3. The van der Waals surface area contributed by atoms with Crippen LogP contribution in [0, 0.1) is 11.3 Å². The third-order valence-electron chi connectivity index (χ3n) is 4.66. The Morgan fingerprint density at radius 3 is 2.55 bits per heavy atom. The predicted molar refractivity (Wildman–Crippen MR) is 81.8 cm³/mol. The maximum atomic E-state index is 4.07. The first-order valence-corrected chi connectivity index (χ1v) is 7.48. The summed E-state index contributed by atoms with van der Waals surface area (Å²) in [7, 11) is 0. The molecule has 1 aromatic heterocycles. The number of aromatic nitrogens is 2. The van der Waals surface area contributed by atoms with E-state index in [-0.39, 0.29) is 0 Å². The number of rotatable bonds is 6. The molecule has 0 bridgehead atoms. The molecule has 1 aliphatic carbocycles. The first-order chi connectivity index (χ1) is 9.70. The fourth-order valence-corrected chi connectivity index (χ4v) is 2.77. The van der Waals surface area contributed by atoms with Gasteiger partial charge in [0.15, 0.2) is 0 Å². The van der Waals surface area contributed by atoms with E-state index in [1.54, 1.807) is 6.20 Å². The molecule has 1 N–H and O–H groups in total. The highest BCUT2D eigenvalue weighted by Gasteiger charge is 2.44. The van der Waals surface area contributed by atoms with Gasteiger partial charge in [0, 0.05) is 31.2 Å². The van der Waals surface area contributed by atoms with Gasteiger partial charge in [-0.1, -0.05) is 26.0 Å². The van der Waals surface area contributed by atoms with Crippen molar-refractivity contribution in [3.8, 4) is 5.69 Å². The molecule has 2 aromatic rings. The van der Waals surface area contributed by atoms with Crippen molar-refractivity contribution in [1.82, 2.24) is 14.9 Å². The molecule has 1 aromatic carbocycles. The molecule has 106 valence electrons. The minimum absolute atomic E-state index is 0.580. The van der Waals surface area contributed by atoms with E-state index < -0.39 is 0 Å². The molecule has 3 nitrogen and oxygen atoms in total. The second-order valence-electron chi connectivity index (χ2n) is 6.26. The van der Waals surface area contributed by atoms with E-state index in [0.717, 1.165) is 24.7 Å². The van der Waals surface area contributed by atoms with Crippen molar-refractivity contribution in [2.75, 3.05) is 6.54 Å². The van der Waals surface area contributed by atoms with Gasteiger partial charge >= 0.3 is 0 Å². The summed E-state index contributed by atoms with van der Waals surface area (Å²) < 4.78 is 2.02. The van der Waals surface area contributed by atoms with Gasteiger partial charge in [0.1, 0.15) is 0 Å². The summed E-state index contributed by atoms with van der Waals surface area (Å²) >= 11 is 0. The third-order valence-corrected chi connectivity index (χ3v) is 4.66. The van der Waals surface area contributed by atoms with Crippen molar-refractivity contribution in [1.29, 1.82) is 0 Å². The van der Waals surface area contributed by atoms with Gasteiger partial charge < -0.3 is 9.88 Å². The Labute approximate surface area is 121 Å². The number of nitrogens with one attached hydrogen (secondary N) is 1. The number of hydrogen-bond acceptors (Lipinski definition) is 2. The van der Waals surface area contributed by atoms with Gasteiger partial charge in [-0.2, -0.15) is 0 Å². The van der Waals surface area contributed by atoms with Crippen LogP contribution in [0.25, 0.3) is 5.69 Å². The van der Waals surface area contributed by atoms with Crippen molar-refractivity contribution in [2.45, 2.75) is 33.2 Å². The zero-order valence-electron chi connectivity index (χ0n) is 12.3. The van der Waals surface area contributed by atoms with E-state index >= 15 is 0 Å². The molecule has 0 atom stereocenters.